The Morgan fingerprint density at radius 3 is 2.27 bits per heavy atom. The molecule has 2 N–H and O–H groups in total. The largest absolute Gasteiger partial charge is 0.493 e. The van der Waals surface area contributed by atoms with Gasteiger partial charge in [-0.2, -0.15) is 5.10 Å². The summed E-state index contributed by atoms with van der Waals surface area (Å²) in [6, 6.07) is 21.0. The van der Waals surface area contributed by atoms with Gasteiger partial charge < -0.3 is 24.8 Å². The van der Waals surface area contributed by atoms with Crippen molar-refractivity contribution in [2.75, 3.05) is 32.0 Å². The van der Waals surface area contributed by atoms with Gasteiger partial charge in [0.2, 0.25) is 11.7 Å². The van der Waals surface area contributed by atoms with Crippen LogP contribution in [-0.4, -0.2) is 46.8 Å². The third-order valence-electron chi connectivity index (χ3n) is 6.96. The van der Waals surface area contributed by atoms with Crippen molar-refractivity contribution in [2.45, 2.75) is 0 Å². The molecule has 0 aliphatic rings. The third-order valence-corrected chi connectivity index (χ3v) is 6.96. The van der Waals surface area contributed by atoms with E-state index in [4.69, 9.17) is 24.3 Å². The van der Waals surface area contributed by atoms with Crippen molar-refractivity contribution in [1.29, 1.82) is 0 Å². The Hall–Kier alpha value is -6.04. The van der Waals surface area contributed by atoms with Crippen LogP contribution < -0.4 is 24.8 Å². The van der Waals surface area contributed by atoms with Crippen LogP contribution in [0.2, 0.25) is 0 Å². The number of amides is 1. The lowest BCUT2D eigenvalue weighted by Crippen LogP contribution is -2.15. The first-order valence-corrected chi connectivity index (χ1v) is 13.6. The van der Waals surface area contributed by atoms with Gasteiger partial charge in [-0.3, -0.25) is 4.79 Å². The van der Waals surface area contributed by atoms with E-state index in [0.717, 1.165) is 17.6 Å². The molecule has 0 fully saturated rings. The number of halogens is 2. The summed E-state index contributed by atoms with van der Waals surface area (Å²) in [5, 5.41) is 10.6. The number of aromatic nitrogens is 4. The molecule has 0 saturated carbocycles. The summed E-state index contributed by atoms with van der Waals surface area (Å²) in [6.45, 7) is 0. The summed E-state index contributed by atoms with van der Waals surface area (Å²) < 4.78 is 46.5. The fourth-order valence-electron chi connectivity index (χ4n) is 4.95. The maximum Gasteiger partial charge on any atom is 0.261 e. The average molecular weight is 609 g/mol. The van der Waals surface area contributed by atoms with Crippen molar-refractivity contribution in [3.05, 3.63) is 108 Å². The van der Waals surface area contributed by atoms with Crippen LogP contribution in [0.4, 0.5) is 26.1 Å². The van der Waals surface area contributed by atoms with Crippen molar-refractivity contribution >= 4 is 28.7 Å². The van der Waals surface area contributed by atoms with Crippen molar-refractivity contribution < 1.29 is 27.8 Å². The molecule has 12 heteroatoms. The summed E-state index contributed by atoms with van der Waals surface area (Å²) >= 11 is 0. The fourth-order valence-corrected chi connectivity index (χ4v) is 4.95. The molecule has 6 rings (SSSR count). The Bertz CT molecular complexity index is 2000. The summed E-state index contributed by atoms with van der Waals surface area (Å²) in [4.78, 5) is 22.0. The van der Waals surface area contributed by atoms with Crippen LogP contribution in [0.3, 0.4) is 0 Å². The van der Waals surface area contributed by atoms with E-state index < -0.39 is 23.1 Å². The number of carbonyl (C=O) groups is 1. The standard InChI is InChI=1S/C33H26F2N6O4/c1-43-26-17-21(18-27(44-2)31(26)45-3)38-33-36-14-13-24(39-33)29-25-12-4-5-15-41(25)40-30(29)19-8-6-9-20(16-19)37-32(42)28-22(34)10-7-11-23(28)35/h4-18H,1-3H3,(H,37,42)(H,36,38,39). The average Bonchev–Trinajstić information content (AvgIpc) is 3.44. The monoisotopic (exact) mass is 608 g/mol. The number of rotatable bonds is 9. The normalized spacial score (nSPS) is 10.9. The van der Waals surface area contributed by atoms with Crippen LogP contribution in [-0.2, 0) is 0 Å². The van der Waals surface area contributed by atoms with Crippen LogP contribution >= 0.6 is 0 Å². The number of hydrogen-bond acceptors (Lipinski definition) is 8. The number of nitrogens with zero attached hydrogens (tertiary/aromatic N) is 4. The molecular formula is C33H26F2N6O4. The molecule has 45 heavy (non-hydrogen) atoms. The second kappa shape index (κ2) is 12.3. The van der Waals surface area contributed by atoms with E-state index in [1.165, 1.54) is 27.4 Å². The first-order chi connectivity index (χ1) is 21.9. The number of nitrogens with one attached hydrogen (secondary N) is 2. The van der Waals surface area contributed by atoms with Crippen LogP contribution in [0.25, 0.3) is 28.0 Å². The van der Waals surface area contributed by atoms with Crippen LogP contribution in [0.5, 0.6) is 17.2 Å². The summed E-state index contributed by atoms with van der Waals surface area (Å²) in [5.41, 5.74) is 3.52. The lowest BCUT2D eigenvalue weighted by Gasteiger charge is -2.14. The van der Waals surface area contributed by atoms with Crippen molar-refractivity contribution in [3.63, 3.8) is 0 Å². The number of methoxy groups -OCH3 is 3. The molecule has 3 heterocycles. The van der Waals surface area contributed by atoms with Crippen molar-refractivity contribution in [3.8, 4) is 39.8 Å². The van der Waals surface area contributed by atoms with E-state index in [2.05, 4.69) is 15.6 Å². The van der Waals surface area contributed by atoms with Crippen LogP contribution in [0.1, 0.15) is 10.4 Å². The van der Waals surface area contributed by atoms with Gasteiger partial charge in [-0.05, 0) is 42.5 Å². The molecule has 1 amide bonds. The number of fused-ring (bicyclic) bond motifs is 1. The van der Waals surface area contributed by atoms with E-state index >= 15 is 0 Å². The third kappa shape index (κ3) is 5.68. The zero-order chi connectivity index (χ0) is 31.5. The van der Waals surface area contributed by atoms with Gasteiger partial charge in [-0.15, -0.1) is 0 Å². The van der Waals surface area contributed by atoms with Crippen LogP contribution in [0, 0.1) is 11.6 Å². The highest BCUT2D eigenvalue weighted by Crippen LogP contribution is 2.41. The molecule has 0 spiro atoms. The number of carbonyl (C=O) groups excluding carboxylic acids is 1. The molecule has 6 aromatic rings. The highest BCUT2D eigenvalue weighted by molar-refractivity contribution is 6.05. The molecular weight excluding hydrogens is 582 g/mol. The number of pyridine rings is 1. The van der Waals surface area contributed by atoms with Gasteiger partial charge in [0.1, 0.15) is 22.9 Å². The maximum atomic E-state index is 14.2. The Morgan fingerprint density at radius 1 is 0.822 bits per heavy atom. The SMILES string of the molecule is COc1cc(Nc2nccc(-c3c(-c4cccc(NC(=O)c5c(F)cccc5F)c4)nn4ccccc34)n2)cc(OC)c1OC. The van der Waals surface area contributed by atoms with Gasteiger partial charge in [0, 0.05) is 41.5 Å². The highest BCUT2D eigenvalue weighted by Gasteiger charge is 2.21. The quantitative estimate of drug-likeness (QED) is 0.185. The molecule has 0 saturated heterocycles. The predicted octanol–water partition coefficient (Wildman–Crippen LogP) is 6.76. The smallest absolute Gasteiger partial charge is 0.261 e. The van der Waals surface area contributed by atoms with Gasteiger partial charge >= 0.3 is 0 Å². The molecule has 10 nitrogen and oxygen atoms in total. The summed E-state index contributed by atoms with van der Waals surface area (Å²) in [6.07, 6.45) is 3.43. The number of benzene rings is 3. The van der Waals surface area contributed by atoms with E-state index in [1.807, 2.05) is 30.5 Å². The minimum Gasteiger partial charge on any atom is -0.493 e. The lowest BCUT2D eigenvalue weighted by molar-refractivity contribution is 0.101. The van der Waals surface area contributed by atoms with Gasteiger partial charge in [0.05, 0.1) is 38.1 Å². The minimum atomic E-state index is -0.953. The molecule has 226 valence electrons. The number of hydrogen-bond donors (Lipinski definition) is 2. The van der Waals surface area contributed by atoms with E-state index in [0.29, 0.717) is 57.1 Å². The van der Waals surface area contributed by atoms with E-state index in [1.54, 1.807) is 47.1 Å². The molecule has 0 unspecified atom stereocenters. The fraction of sp³-hybridized carbons (Fsp3) is 0.0909. The second-order valence-electron chi connectivity index (χ2n) is 9.69. The van der Waals surface area contributed by atoms with Gasteiger partial charge in [0.25, 0.3) is 5.91 Å². The predicted molar refractivity (Wildman–Crippen MR) is 165 cm³/mol. The molecule has 0 atom stereocenters. The zero-order valence-electron chi connectivity index (χ0n) is 24.3. The molecule has 0 bridgehead atoms. The zero-order valence-corrected chi connectivity index (χ0v) is 24.3. The summed E-state index contributed by atoms with van der Waals surface area (Å²) in [5.74, 6) is -1.13. The molecule has 0 aliphatic heterocycles. The highest BCUT2D eigenvalue weighted by atomic mass is 19.1. The minimum absolute atomic E-state index is 0.302. The lowest BCUT2D eigenvalue weighted by atomic mass is 10.0. The van der Waals surface area contributed by atoms with E-state index in [-0.39, 0.29) is 0 Å². The Labute approximate surface area is 256 Å². The number of ether oxygens (including phenoxy) is 3. The molecule has 3 aromatic heterocycles. The first-order valence-electron chi connectivity index (χ1n) is 13.6. The van der Waals surface area contributed by atoms with Crippen LogP contribution in [0.15, 0.2) is 91.3 Å². The second-order valence-corrected chi connectivity index (χ2v) is 9.69. The first kappa shape index (κ1) is 29.1. The molecule has 3 aromatic carbocycles. The number of anilines is 3. The maximum absolute atomic E-state index is 14.2. The Kier molecular flexibility index (Phi) is 7.93. The molecule has 0 aliphatic carbocycles. The van der Waals surface area contributed by atoms with Crippen molar-refractivity contribution in [2.24, 2.45) is 0 Å². The van der Waals surface area contributed by atoms with Gasteiger partial charge in [-0.25, -0.2) is 23.3 Å². The van der Waals surface area contributed by atoms with Crippen molar-refractivity contribution in [1.82, 2.24) is 19.6 Å². The topological polar surface area (TPSA) is 112 Å². The Balaban J connectivity index is 1.38. The molecule has 0 radical (unpaired) electrons. The Morgan fingerprint density at radius 2 is 1.56 bits per heavy atom. The van der Waals surface area contributed by atoms with E-state index in [9.17, 15) is 13.6 Å². The summed E-state index contributed by atoms with van der Waals surface area (Å²) in [7, 11) is 4.59. The van der Waals surface area contributed by atoms with Gasteiger partial charge in [-0.1, -0.05) is 24.3 Å². The van der Waals surface area contributed by atoms with Gasteiger partial charge in [0.15, 0.2) is 11.5 Å².